The van der Waals surface area contributed by atoms with Gasteiger partial charge in [0.15, 0.2) is 0 Å². The standard InChI is InChI=1S/C19H19ClN2O3/c1-13(14-7-9-15(20)10-8-14)21-17(23)19(25)11-12-22(18(19)24)16-5-3-2-4-6-16/h2-10,13,25H,11-12H2,1H3,(H,21,23)/t13?,19-/m0/s1. The smallest absolute Gasteiger partial charge is 0.268 e. The SMILES string of the molecule is CC(NC(=O)[C@@]1(O)CCN(c2ccccc2)C1=O)c1ccc(Cl)cc1. The Hall–Kier alpha value is -2.37. The monoisotopic (exact) mass is 358 g/mol. The number of carbonyl (C=O) groups is 2. The van der Waals surface area contributed by atoms with Crippen LogP contribution in [0.5, 0.6) is 0 Å². The van der Waals surface area contributed by atoms with Gasteiger partial charge >= 0.3 is 0 Å². The van der Waals surface area contributed by atoms with Crippen molar-refractivity contribution in [2.45, 2.75) is 25.0 Å². The van der Waals surface area contributed by atoms with Crippen LogP contribution in [0.2, 0.25) is 5.02 Å². The van der Waals surface area contributed by atoms with E-state index in [2.05, 4.69) is 5.32 Å². The number of rotatable bonds is 4. The fraction of sp³-hybridized carbons (Fsp3) is 0.263. The van der Waals surface area contributed by atoms with Gasteiger partial charge in [-0.3, -0.25) is 9.59 Å². The van der Waals surface area contributed by atoms with Crippen molar-refractivity contribution in [1.82, 2.24) is 5.32 Å². The lowest BCUT2D eigenvalue weighted by atomic mass is 10.00. The van der Waals surface area contributed by atoms with Crippen LogP contribution in [0.1, 0.15) is 24.9 Å². The van der Waals surface area contributed by atoms with E-state index in [0.29, 0.717) is 17.3 Å². The largest absolute Gasteiger partial charge is 0.372 e. The van der Waals surface area contributed by atoms with Crippen LogP contribution in [0, 0.1) is 0 Å². The molecule has 2 aromatic carbocycles. The molecule has 2 amide bonds. The lowest BCUT2D eigenvalue weighted by Gasteiger charge is -2.24. The quantitative estimate of drug-likeness (QED) is 0.825. The van der Waals surface area contributed by atoms with E-state index in [1.165, 1.54) is 4.90 Å². The molecule has 0 radical (unpaired) electrons. The molecule has 1 unspecified atom stereocenters. The number of anilines is 1. The van der Waals surface area contributed by atoms with Crippen molar-refractivity contribution < 1.29 is 14.7 Å². The van der Waals surface area contributed by atoms with Gasteiger partial charge in [0.25, 0.3) is 11.8 Å². The summed E-state index contributed by atoms with van der Waals surface area (Å²) >= 11 is 5.86. The Bertz CT molecular complexity index is 779. The lowest BCUT2D eigenvalue weighted by molar-refractivity contribution is -0.149. The zero-order valence-electron chi connectivity index (χ0n) is 13.8. The predicted molar refractivity (Wildman–Crippen MR) is 96.4 cm³/mol. The molecule has 0 aliphatic carbocycles. The highest BCUT2D eigenvalue weighted by Crippen LogP contribution is 2.29. The van der Waals surface area contributed by atoms with Crippen LogP contribution >= 0.6 is 11.6 Å². The normalized spacial score (nSPS) is 21.2. The molecule has 0 aromatic heterocycles. The molecule has 2 aromatic rings. The number of hydrogen-bond donors (Lipinski definition) is 2. The maximum atomic E-state index is 12.6. The summed E-state index contributed by atoms with van der Waals surface area (Å²) in [6.07, 6.45) is 0.0555. The Morgan fingerprint density at radius 3 is 2.48 bits per heavy atom. The summed E-state index contributed by atoms with van der Waals surface area (Å²) in [4.78, 5) is 26.6. The predicted octanol–water partition coefficient (Wildman–Crippen LogP) is 2.69. The van der Waals surface area contributed by atoms with Crippen molar-refractivity contribution >= 4 is 29.1 Å². The van der Waals surface area contributed by atoms with Crippen molar-refractivity contribution in [2.75, 3.05) is 11.4 Å². The van der Waals surface area contributed by atoms with Crippen LogP contribution in [-0.2, 0) is 9.59 Å². The molecule has 1 aliphatic heterocycles. The third-order valence-corrected chi connectivity index (χ3v) is 4.71. The molecule has 2 atom stereocenters. The number of amides is 2. The van der Waals surface area contributed by atoms with Crippen LogP contribution in [0.3, 0.4) is 0 Å². The highest BCUT2D eigenvalue weighted by Gasteiger charge is 2.51. The maximum absolute atomic E-state index is 12.6. The van der Waals surface area contributed by atoms with Crippen LogP contribution in [0.25, 0.3) is 0 Å². The molecule has 0 spiro atoms. The Kier molecular flexibility index (Phi) is 4.79. The summed E-state index contributed by atoms with van der Waals surface area (Å²) in [5.74, 6) is -1.28. The van der Waals surface area contributed by atoms with E-state index in [9.17, 15) is 14.7 Å². The van der Waals surface area contributed by atoms with Gasteiger partial charge in [0, 0.05) is 23.7 Å². The van der Waals surface area contributed by atoms with Gasteiger partial charge in [0.2, 0.25) is 5.60 Å². The first-order chi connectivity index (χ1) is 11.9. The van der Waals surface area contributed by atoms with Crippen molar-refractivity contribution in [3.05, 3.63) is 65.2 Å². The van der Waals surface area contributed by atoms with Gasteiger partial charge in [-0.25, -0.2) is 0 Å². The number of aliphatic hydroxyl groups is 1. The van der Waals surface area contributed by atoms with Crippen LogP contribution in [-0.4, -0.2) is 29.1 Å². The fourth-order valence-corrected chi connectivity index (χ4v) is 3.05. The molecule has 25 heavy (non-hydrogen) atoms. The van der Waals surface area contributed by atoms with Crippen LogP contribution < -0.4 is 10.2 Å². The second-order valence-corrected chi connectivity index (χ2v) is 6.59. The number of benzene rings is 2. The summed E-state index contributed by atoms with van der Waals surface area (Å²) in [5.41, 5.74) is -0.537. The molecule has 2 N–H and O–H groups in total. The van der Waals surface area contributed by atoms with Gasteiger partial charge in [-0.05, 0) is 36.8 Å². The Labute approximate surface area is 151 Å². The molecule has 0 saturated carbocycles. The summed E-state index contributed by atoms with van der Waals surface area (Å²) in [6, 6.07) is 15.7. The average molecular weight is 359 g/mol. The van der Waals surface area contributed by atoms with E-state index in [1.54, 1.807) is 43.3 Å². The zero-order chi connectivity index (χ0) is 18.0. The molecule has 130 valence electrons. The second-order valence-electron chi connectivity index (χ2n) is 6.15. The van der Waals surface area contributed by atoms with Crippen molar-refractivity contribution in [3.8, 4) is 0 Å². The lowest BCUT2D eigenvalue weighted by Crippen LogP contribution is -2.53. The number of para-hydroxylation sites is 1. The minimum Gasteiger partial charge on any atom is -0.372 e. The minimum atomic E-state index is -2.05. The molecular formula is C19H19ClN2O3. The van der Waals surface area contributed by atoms with E-state index in [-0.39, 0.29) is 12.5 Å². The zero-order valence-corrected chi connectivity index (χ0v) is 14.5. The summed E-state index contributed by atoms with van der Waals surface area (Å²) < 4.78 is 0. The summed E-state index contributed by atoms with van der Waals surface area (Å²) in [5, 5.41) is 14.0. The summed E-state index contributed by atoms with van der Waals surface area (Å²) in [7, 11) is 0. The first kappa shape index (κ1) is 17.5. The molecule has 1 heterocycles. The molecule has 0 bridgehead atoms. The summed E-state index contributed by atoms with van der Waals surface area (Å²) in [6.45, 7) is 2.08. The molecule has 1 aliphatic rings. The minimum absolute atomic E-state index is 0.0555. The molecule has 1 fully saturated rings. The van der Waals surface area contributed by atoms with Gasteiger partial charge < -0.3 is 15.3 Å². The van der Waals surface area contributed by atoms with Gasteiger partial charge in [0.1, 0.15) is 0 Å². The first-order valence-corrected chi connectivity index (χ1v) is 8.45. The van der Waals surface area contributed by atoms with Crippen molar-refractivity contribution in [3.63, 3.8) is 0 Å². The average Bonchev–Trinajstić information content (AvgIpc) is 2.93. The van der Waals surface area contributed by atoms with E-state index < -0.39 is 17.4 Å². The number of carbonyl (C=O) groups excluding carboxylic acids is 2. The first-order valence-electron chi connectivity index (χ1n) is 8.07. The number of nitrogens with zero attached hydrogens (tertiary/aromatic N) is 1. The molecule has 3 rings (SSSR count). The number of halogens is 1. The third kappa shape index (κ3) is 3.38. The second kappa shape index (κ2) is 6.86. The van der Waals surface area contributed by atoms with Crippen molar-refractivity contribution in [1.29, 1.82) is 0 Å². The van der Waals surface area contributed by atoms with Crippen LogP contribution in [0.4, 0.5) is 5.69 Å². The third-order valence-electron chi connectivity index (χ3n) is 4.46. The van der Waals surface area contributed by atoms with E-state index in [0.717, 1.165) is 5.56 Å². The molecule has 1 saturated heterocycles. The Balaban J connectivity index is 1.73. The van der Waals surface area contributed by atoms with Gasteiger partial charge in [-0.2, -0.15) is 0 Å². The Morgan fingerprint density at radius 2 is 1.84 bits per heavy atom. The number of hydrogen-bond acceptors (Lipinski definition) is 3. The molecule has 6 heteroatoms. The molecule has 5 nitrogen and oxygen atoms in total. The maximum Gasteiger partial charge on any atom is 0.268 e. The van der Waals surface area contributed by atoms with E-state index in [1.807, 2.05) is 18.2 Å². The number of nitrogens with one attached hydrogen (secondary N) is 1. The van der Waals surface area contributed by atoms with Gasteiger partial charge in [-0.15, -0.1) is 0 Å². The Morgan fingerprint density at radius 1 is 1.20 bits per heavy atom. The van der Waals surface area contributed by atoms with Gasteiger partial charge in [-0.1, -0.05) is 41.9 Å². The highest BCUT2D eigenvalue weighted by molar-refractivity contribution is 6.30. The van der Waals surface area contributed by atoms with Crippen molar-refractivity contribution in [2.24, 2.45) is 0 Å². The van der Waals surface area contributed by atoms with E-state index >= 15 is 0 Å². The van der Waals surface area contributed by atoms with Gasteiger partial charge in [0.05, 0.1) is 6.04 Å². The van der Waals surface area contributed by atoms with E-state index in [4.69, 9.17) is 11.6 Å². The highest BCUT2D eigenvalue weighted by atomic mass is 35.5. The van der Waals surface area contributed by atoms with Crippen LogP contribution in [0.15, 0.2) is 54.6 Å². The molecular weight excluding hydrogens is 340 g/mol. The topological polar surface area (TPSA) is 69.6 Å². The fourth-order valence-electron chi connectivity index (χ4n) is 2.92.